The molecular weight excluding hydrogens is 232 g/mol. The molecular formula is C15H15F2N. The van der Waals surface area contributed by atoms with Gasteiger partial charge in [0, 0.05) is 6.04 Å². The van der Waals surface area contributed by atoms with Crippen LogP contribution in [0.1, 0.15) is 22.7 Å². The van der Waals surface area contributed by atoms with Crippen LogP contribution in [-0.2, 0) is 6.42 Å². The van der Waals surface area contributed by atoms with E-state index in [1.807, 2.05) is 31.2 Å². The van der Waals surface area contributed by atoms with E-state index in [2.05, 4.69) is 0 Å². The van der Waals surface area contributed by atoms with Gasteiger partial charge in [-0.2, -0.15) is 0 Å². The second-order valence-electron chi connectivity index (χ2n) is 4.47. The minimum atomic E-state index is -0.831. The lowest BCUT2D eigenvalue weighted by Gasteiger charge is -2.13. The molecule has 1 unspecified atom stereocenters. The van der Waals surface area contributed by atoms with Crippen molar-refractivity contribution in [1.82, 2.24) is 0 Å². The van der Waals surface area contributed by atoms with Crippen LogP contribution in [0.25, 0.3) is 0 Å². The Morgan fingerprint density at radius 3 is 2.50 bits per heavy atom. The van der Waals surface area contributed by atoms with Crippen molar-refractivity contribution < 1.29 is 8.78 Å². The van der Waals surface area contributed by atoms with Crippen LogP contribution in [0.2, 0.25) is 0 Å². The Bertz CT molecular complexity index is 552. The van der Waals surface area contributed by atoms with E-state index in [1.54, 1.807) is 6.07 Å². The summed E-state index contributed by atoms with van der Waals surface area (Å²) < 4.78 is 25.9. The van der Waals surface area contributed by atoms with Gasteiger partial charge >= 0.3 is 0 Å². The molecule has 0 aliphatic heterocycles. The molecule has 1 nitrogen and oxygen atoms in total. The molecule has 0 bridgehead atoms. The smallest absolute Gasteiger partial charge is 0.159 e. The molecule has 0 saturated heterocycles. The van der Waals surface area contributed by atoms with Crippen molar-refractivity contribution in [2.24, 2.45) is 5.73 Å². The first-order valence-corrected chi connectivity index (χ1v) is 5.82. The molecule has 0 spiro atoms. The zero-order valence-electron chi connectivity index (χ0n) is 10.2. The molecule has 0 amide bonds. The summed E-state index contributed by atoms with van der Waals surface area (Å²) in [6.45, 7) is 1.99. The van der Waals surface area contributed by atoms with Crippen molar-refractivity contribution in [2.75, 3.05) is 0 Å². The Kier molecular flexibility index (Phi) is 3.72. The van der Waals surface area contributed by atoms with E-state index in [0.29, 0.717) is 12.0 Å². The maximum atomic E-state index is 13.1. The van der Waals surface area contributed by atoms with Crippen LogP contribution in [0.4, 0.5) is 8.78 Å². The monoisotopic (exact) mass is 247 g/mol. The molecule has 2 N–H and O–H groups in total. The van der Waals surface area contributed by atoms with E-state index in [9.17, 15) is 8.78 Å². The largest absolute Gasteiger partial charge is 0.324 e. The lowest BCUT2D eigenvalue weighted by molar-refractivity contribution is 0.506. The highest BCUT2D eigenvalue weighted by atomic mass is 19.2. The highest BCUT2D eigenvalue weighted by Crippen LogP contribution is 2.18. The number of benzene rings is 2. The second kappa shape index (κ2) is 5.27. The van der Waals surface area contributed by atoms with Crippen LogP contribution in [0.3, 0.4) is 0 Å². The summed E-state index contributed by atoms with van der Waals surface area (Å²) in [7, 11) is 0. The first-order chi connectivity index (χ1) is 8.56. The van der Waals surface area contributed by atoms with Crippen LogP contribution in [-0.4, -0.2) is 0 Å². The van der Waals surface area contributed by atoms with Gasteiger partial charge in [-0.1, -0.05) is 35.9 Å². The van der Waals surface area contributed by atoms with E-state index in [-0.39, 0.29) is 6.04 Å². The Balaban J connectivity index is 2.16. The molecule has 0 fully saturated rings. The molecule has 0 aliphatic rings. The fraction of sp³-hybridized carbons (Fsp3) is 0.200. The molecule has 2 aromatic rings. The highest BCUT2D eigenvalue weighted by molar-refractivity contribution is 5.27. The third-order valence-corrected chi connectivity index (χ3v) is 2.91. The lowest BCUT2D eigenvalue weighted by atomic mass is 9.98. The fourth-order valence-corrected chi connectivity index (χ4v) is 1.94. The minimum Gasteiger partial charge on any atom is -0.324 e. The SMILES string of the molecule is Cc1cccc(C(N)Cc2ccc(F)c(F)c2)c1. The van der Waals surface area contributed by atoms with E-state index in [4.69, 9.17) is 5.73 Å². The summed E-state index contributed by atoms with van der Waals surface area (Å²) in [5.74, 6) is -1.66. The van der Waals surface area contributed by atoms with Crippen LogP contribution >= 0.6 is 0 Å². The minimum absolute atomic E-state index is 0.213. The molecule has 2 rings (SSSR count). The molecule has 1 atom stereocenters. The van der Waals surface area contributed by atoms with E-state index in [0.717, 1.165) is 17.2 Å². The van der Waals surface area contributed by atoms with Gasteiger partial charge in [-0.3, -0.25) is 0 Å². The number of rotatable bonds is 3. The maximum Gasteiger partial charge on any atom is 0.159 e. The maximum absolute atomic E-state index is 13.1. The number of hydrogen-bond acceptors (Lipinski definition) is 1. The van der Waals surface area contributed by atoms with Crippen LogP contribution < -0.4 is 5.73 Å². The normalized spacial score (nSPS) is 12.4. The topological polar surface area (TPSA) is 26.0 Å². The summed E-state index contributed by atoms with van der Waals surface area (Å²) in [5, 5.41) is 0. The van der Waals surface area contributed by atoms with E-state index >= 15 is 0 Å². The number of aryl methyl sites for hydroxylation is 1. The van der Waals surface area contributed by atoms with Gasteiger partial charge in [0.1, 0.15) is 0 Å². The van der Waals surface area contributed by atoms with Gasteiger partial charge < -0.3 is 5.73 Å². The summed E-state index contributed by atoms with van der Waals surface area (Å²) >= 11 is 0. The predicted octanol–water partition coefficient (Wildman–Crippen LogP) is 3.52. The number of halogens is 2. The Hall–Kier alpha value is -1.74. The molecule has 0 heterocycles. The Morgan fingerprint density at radius 1 is 1.06 bits per heavy atom. The molecule has 0 radical (unpaired) electrons. The third kappa shape index (κ3) is 2.93. The molecule has 94 valence electrons. The molecule has 3 heteroatoms. The number of nitrogens with two attached hydrogens (primary N) is 1. The van der Waals surface area contributed by atoms with Gasteiger partial charge in [0.2, 0.25) is 0 Å². The van der Waals surface area contributed by atoms with Gasteiger partial charge in [0.25, 0.3) is 0 Å². The van der Waals surface area contributed by atoms with Gasteiger partial charge in [-0.25, -0.2) is 8.78 Å². The standard InChI is InChI=1S/C15H15F2N/c1-10-3-2-4-12(7-10)15(18)9-11-5-6-13(16)14(17)8-11/h2-8,15H,9,18H2,1H3. The summed E-state index contributed by atoms with van der Waals surface area (Å²) in [5.41, 5.74) is 8.90. The van der Waals surface area contributed by atoms with Crippen LogP contribution in [0.15, 0.2) is 42.5 Å². The average molecular weight is 247 g/mol. The number of hydrogen-bond donors (Lipinski definition) is 1. The summed E-state index contributed by atoms with van der Waals surface area (Å²) in [6.07, 6.45) is 0.487. The van der Waals surface area contributed by atoms with Crippen molar-refractivity contribution in [3.05, 3.63) is 70.8 Å². The van der Waals surface area contributed by atoms with Crippen molar-refractivity contribution >= 4 is 0 Å². The highest BCUT2D eigenvalue weighted by Gasteiger charge is 2.09. The first kappa shape index (κ1) is 12.7. The Labute approximate surface area is 105 Å². The quantitative estimate of drug-likeness (QED) is 0.882. The van der Waals surface area contributed by atoms with Crippen LogP contribution in [0.5, 0.6) is 0 Å². The van der Waals surface area contributed by atoms with Crippen molar-refractivity contribution in [3.8, 4) is 0 Å². The first-order valence-electron chi connectivity index (χ1n) is 5.82. The van der Waals surface area contributed by atoms with Crippen LogP contribution in [0, 0.1) is 18.6 Å². The predicted molar refractivity (Wildman–Crippen MR) is 68.2 cm³/mol. The molecule has 18 heavy (non-hydrogen) atoms. The Morgan fingerprint density at radius 2 is 1.83 bits per heavy atom. The van der Waals surface area contributed by atoms with Gasteiger partial charge in [0.15, 0.2) is 11.6 Å². The van der Waals surface area contributed by atoms with Crippen molar-refractivity contribution in [1.29, 1.82) is 0 Å². The molecule has 0 aromatic heterocycles. The van der Waals surface area contributed by atoms with Gasteiger partial charge in [-0.15, -0.1) is 0 Å². The second-order valence-corrected chi connectivity index (χ2v) is 4.47. The summed E-state index contributed by atoms with van der Waals surface area (Å²) in [4.78, 5) is 0. The molecule has 2 aromatic carbocycles. The van der Waals surface area contributed by atoms with E-state index in [1.165, 1.54) is 6.07 Å². The van der Waals surface area contributed by atoms with Gasteiger partial charge in [-0.05, 0) is 36.6 Å². The average Bonchev–Trinajstić information content (AvgIpc) is 2.34. The third-order valence-electron chi connectivity index (χ3n) is 2.91. The van der Waals surface area contributed by atoms with Crippen molar-refractivity contribution in [2.45, 2.75) is 19.4 Å². The van der Waals surface area contributed by atoms with E-state index < -0.39 is 11.6 Å². The fourth-order valence-electron chi connectivity index (χ4n) is 1.94. The zero-order chi connectivity index (χ0) is 13.1. The van der Waals surface area contributed by atoms with Gasteiger partial charge in [0.05, 0.1) is 0 Å². The molecule has 0 aliphatic carbocycles. The molecule has 0 saturated carbocycles. The zero-order valence-corrected chi connectivity index (χ0v) is 10.2. The van der Waals surface area contributed by atoms with Crippen molar-refractivity contribution in [3.63, 3.8) is 0 Å². The summed E-state index contributed by atoms with van der Waals surface area (Å²) in [6, 6.07) is 11.6. The lowest BCUT2D eigenvalue weighted by Crippen LogP contribution is -2.13.